The van der Waals surface area contributed by atoms with Gasteiger partial charge >= 0.3 is 0 Å². The summed E-state index contributed by atoms with van der Waals surface area (Å²) >= 11 is 0. The van der Waals surface area contributed by atoms with Crippen LogP contribution in [0.2, 0.25) is 0 Å². The standard InChI is InChI=1S/C16H21F2N3/c17-12-8-11(16(19)20)9-13(18)15(12)21-7-3-6-14(21)10-4-1-2-5-10/h8-10,14H,1-7H2,(H3,19,20). The Morgan fingerprint density at radius 2 is 1.71 bits per heavy atom. The summed E-state index contributed by atoms with van der Waals surface area (Å²) < 4.78 is 28.7. The summed E-state index contributed by atoms with van der Waals surface area (Å²) in [4.78, 5) is 1.91. The summed E-state index contributed by atoms with van der Waals surface area (Å²) in [7, 11) is 0. The van der Waals surface area contributed by atoms with E-state index < -0.39 is 11.6 Å². The van der Waals surface area contributed by atoms with Crippen molar-refractivity contribution in [2.45, 2.75) is 44.6 Å². The zero-order valence-electron chi connectivity index (χ0n) is 12.0. The lowest BCUT2D eigenvalue weighted by Crippen LogP contribution is -2.36. The first-order chi connectivity index (χ1) is 10.1. The molecule has 1 saturated carbocycles. The molecule has 3 rings (SSSR count). The van der Waals surface area contributed by atoms with Gasteiger partial charge in [0.1, 0.15) is 23.2 Å². The van der Waals surface area contributed by atoms with E-state index in [0.717, 1.165) is 25.7 Å². The van der Waals surface area contributed by atoms with Gasteiger partial charge in [0.15, 0.2) is 0 Å². The van der Waals surface area contributed by atoms with Crippen molar-refractivity contribution in [3.05, 3.63) is 29.3 Å². The molecule has 3 nitrogen and oxygen atoms in total. The molecule has 0 bridgehead atoms. The zero-order chi connectivity index (χ0) is 15.0. The number of anilines is 1. The smallest absolute Gasteiger partial charge is 0.150 e. The van der Waals surface area contributed by atoms with Crippen molar-refractivity contribution in [3.8, 4) is 0 Å². The minimum Gasteiger partial charge on any atom is -0.384 e. The summed E-state index contributed by atoms with van der Waals surface area (Å²) in [6, 6.07) is 2.59. The summed E-state index contributed by atoms with van der Waals surface area (Å²) in [5.74, 6) is -0.970. The molecule has 0 radical (unpaired) electrons. The van der Waals surface area contributed by atoms with Gasteiger partial charge in [0, 0.05) is 18.2 Å². The third-order valence-electron chi connectivity index (χ3n) is 4.86. The molecule has 1 aromatic carbocycles. The van der Waals surface area contributed by atoms with E-state index in [0.29, 0.717) is 12.5 Å². The maximum absolute atomic E-state index is 14.3. The van der Waals surface area contributed by atoms with Gasteiger partial charge in [-0.1, -0.05) is 12.8 Å². The Labute approximate surface area is 123 Å². The first-order valence-corrected chi connectivity index (χ1v) is 7.68. The van der Waals surface area contributed by atoms with E-state index in [1.165, 1.54) is 25.0 Å². The predicted molar refractivity (Wildman–Crippen MR) is 79.7 cm³/mol. The highest BCUT2D eigenvalue weighted by atomic mass is 19.1. The molecule has 21 heavy (non-hydrogen) atoms. The molecule has 0 amide bonds. The van der Waals surface area contributed by atoms with Crippen molar-refractivity contribution in [1.29, 1.82) is 5.41 Å². The number of benzene rings is 1. The Hall–Kier alpha value is -1.65. The summed E-state index contributed by atoms with van der Waals surface area (Å²) in [6.07, 6.45) is 6.77. The predicted octanol–water partition coefficient (Wildman–Crippen LogP) is 3.41. The van der Waals surface area contributed by atoms with Crippen molar-refractivity contribution >= 4 is 11.5 Å². The summed E-state index contributed by atoms with van der Waals surface area (Å²) in [5.41, 5.74) is 5.48. The van der Waals surface area contributed by atoms with Crippen molar-refractivity contribution in [2.24, 2.45) is 11.7 Å². The van der Waals surface area contributed by atoms with Crippen molar-refractivity contribution in [1.82, 2.24) is 0 Å². The van der Waals surface area contributed by atoms with Crippen LogP contribution in [0.3, 0.4) is 0 Å². The van der Waals surface area contributed by atoms with Gasteiger partial charge in [0.2, 0.25) is 0 Å². The second kappa shape index (κ2) is 5.62. The van der Waals surface area contributed by atoms with E-state index in [9.17, 15) is 8.78 Å². The molecule has 3 N–H and O–H groups in total. The fraction of sp³-hybridized carbons (Fsp3) is 0.562. The molecule has 1 atom stereocenters. The van der Waals surface area contributed by atoms with Gasteiger partial charge in [-0.3, -0.25) is 5.41 Å². The Kier molecular flexibility index (Phi) is 3.83. The van der Waals surface area contributed by atoms with E-state index >= 15 is 0 Å². The molecule has 2 fully saturated rings. The summed E-state index contributed by atoms with van der Waals surface area (Å²) in [6.45, 7) is 0.703. The molecule has 5 heteroatoms. The minimum absolute atomic E-state index is 0.0643. The molecule has 1 heterocycles. The average molecular weight is 293 g/mol. The highest BCUT2D eigenvalue weighted by molar-refractivity contribution is 5.95. The number of nitrogens with two attached hydrogens (primary N) is 1. The second-order valence-electron chi connectivity index (χ2n) is 6.15. The van der Waals surface area contributed by atoms with Crippen LogP contribution in [-0.2, 0) is 0 Å². The Morgan fingerprint density at radius 1 is 1.10 bits per heavy atom. The van der Waals surface area contributed by atoms with E-state index in [1.807, 2.05) is 4.90 Å². The first kappa shape index (κ1) is 14.3. The fourth-order valence-electron chi connectivity index (χ4n) is 3.90. The van der Waals surface area contributed by atoms with Crippen molar-refractivity contribution in [2.75, 3.05) is 11.4 Å². The Bertz CT molecular complexity index is 529. The zero-order valence-corrected chi connectivity index (χ0v) is 12.0. The largest absolute Gasteiger partial charge is 0.384 e. The monoisotopic (exact) mass is 293 g/mol. The third-order valence-corrected chi connectivity index (χ3v) is 4.86. The van der Waals surface area contributed by atoms with Crippen LogP contribution in [0.1, 0.15) is 44.1 Å². The molecule has 1 aliphatic carbocycles. The number of halogens is 2. The normalized spacial score (nSPS) is 23.0. The van der Waals surface area contributed by atoms with Crippen LogP contribution in [-0.4, -0.2) is 18.4 Å². The molecule has 0 aromatic heterocycles. The van der Waals surface area contributed by atoms with Crippen LogP contribution in [0.15, 0.2) is 12.1 Å². The van der Waals surface area contributed by atoms with Crippen LogP contribution >= 0.6 is 0 Å². The minimum atomic E-state index is -0.606. The quantitative estimate of drug-likeness (QED) is 0.663. The van der Waals surface area contributed by atoms with E-state index in [1.54, 1.807) is 0 Å². The van der Waals surface area contributed by atoms with Gasteiger partial charge in [0.05, 0.1) is 0 Å². The molecule has 1 aromatic rings. The molecule has 1 saturated heterocycles. The molecule has 2 aliphatic rings. The van der Waals surface area contributed by atoms with E-state index in [4.69, 9.17) is 11.1 Å². The highest BCUT2D eigenvalue weighted by Gasteiger charge is 2.35. The lowest BCUT2D eigenvalue weighted by atomic mass is 9.95. The number of nitrogens with zero attached hydrogens (tertiary/aromatic N) is 1. The average Bonchev–Trinajstić information content (AvgIpc) is 3.07. The number of nitrogens with one attached hydrogen (secondary N) is 1. The molecular formula is C16H21F2N3. The lowest BCUT2D eigenvalue weighted by Gasteiger charge is -2.32. The SMILES string of the molecule is N=C(N)c1cc(F)c(N2CCCC2C2CCCC2)c(F)c1. The number of amidine groups is 1. The lowest BCUT2D eigenvalue weighted by molar-refractivity contribution is 0.423. The number of nitrogen functional groups attached to an aromatic ring is 1. The first-order valence-electron chi connectivity index (χ1n) is 7.68. The van der Waals surface area contributed by atoms with E-state index in [-0.39, 0.29) is 23.1 Å². The van der Waals surface area contributed by atoms with Gasteiger partial charge in [-0.05, 0) is 43.7 Å². The van der Waals surface area contributed by atoms with E-state index in [2.05, 4.69) is 0 Å². The van der Waals surface area contributed by atoms with Crippen LogP contribution in [0.5, 0.6) is 0 Å². The van der Waals surface area contributed by atoms with Gasteiger partial charge in [-0.2, -0.15) is 0 Å². The maximum atomic E-state index is 14.3. The van der Waals surface area contributed by atoms with Crippen molar-refractivity contribution in [3.63, 3.8) is 0 Å². The van der Waals surface area contributed by atoms with Crippen LogP contribution in [0.4, 0.5) is 14.5 Å². The fourth-order valence-corrected chi connectivity index (χ4v) is 3.90. The number of hydrogen-bond acceptors (Lipinski definition) is 2. The molecular weight excluding hydrogens is 272 g/mol. The molecule has 114 valence electrons. The second-order valence-corrected chi connectivity index (χ2v) is 6.15. The summed E-state index contributed by atoms with van der Waals surface area (Å²) in [5, 5.41) is 7.32. The van der Waals surface area contributed by atoms with Crippen molar-refractivity contribution < 1.29 is 8.78 Å². The topological polar surface area (TPSA) is 53.1 Å². The molecule has 1 aliphatic heterocycles. The Morgan fingerprint density at radius 3 is 2.29 bits per heavy atom. The highest BCUT2D eigenvalue weighted by Crippen LogP contribution is 2.39. The third kappa shape index (κ3) is 2.61. The van der Waals surface area contributed by atoms with Crippen LogP contribution in [0, 0.1) is 23.0 Å². The van der Waals surface area contributed by atoms with Gasteiger partial charge < -0.3 is 10.6 Å². The molecule has 0 spiro atoms. The van der Waals surface area contributed by atoms with Gasteiger partial charge in [-0.25, -0.2) is 8.78 Å². The Balaban J connectivity index is 1.93. The number of rotatable bonds is 3. The van der Waals surface area contributed by atoms with Crippen LogP contribution in [0.25, 0.3) is 0 Å². The molecule has 1 unspecified atom stereocenters. The van der Waals surface area contributed by atoms with Gasteiger partial charge in [-0.15, -0.1) is 0 Å². The van der Waals surface area contributed by atoms with Gasteiger partial charge in [0.25, 0.3) is 0 Å². The maximum Gasteiger partial charge on any atom is 0.150 e. The number of hydrogen-bond donors (Lipinski definition) is 2. The van der Waals surface area contributed by atoms with Crippen LogP contribution < -0.4 is 10.6 Å².